The third-order valence-electron chi connectivity index (χ3n) is 12.0. The molecule has 0 fully saturated rings. The minimum Gasteiger partial charge on any atom is -0.508 e. The largest absolute Gasteiger partial charge is 0.508 e. The number of carboxylic acids is 3. The molecule has 1 heterocycles. The van der Waals surface area contributed by atoms with Crippen molar-refractivity contribution in [3.05, 3.63) is 48.0 Å². The molecule has 0 aliphatic carbocycles. The van der Waals surface area contributed by atoms with Crippen molar-refractivity contribution in [2.45, 2.75) is 140 Å². The number of amides is 8. The van der Waals surface area contributed by atoms with Crippen LogP contribution in [0.5, 0.6) is 5.75 Å². The highest BCUT2D eigenvalue weighted by Gasteiger charge is 2.37. The lowest BCUT2D eigenvalue weighted by Crippen LogP contribution is -2.61. The number of H-pyrrole nitrogens is 1. The number of carbonyl (C=O) groups excluding carboxylic acids is 8. The Hall–Kier alpha value is -7.72. The predicted molar refractivity (Wildman–Crippen MR) is 264 cm³/mol. The van der Waals surface area contributed by atoms with Gasteiger partial charge in [0.05, 0.1) is 31.9 Å². The Morgan fingerprint density at radius 1 is 0.627 bits per heavy atom. The maximum Gasteiger partial charge on any atom is 0.328 e. The molecule has 1 aromatic carbocycles. The van der Waals surface area contributed by atoms with E-state index in [1.54, 1.807) is 27.7 Å². The van der Waals surface area contributed by atoms with Gasteiger partial charge in [0, 0.05) is 31.2 Å². The van der Waals surface area contributed by atoms with Gasteiger partial charge in [0.15, 0.2) is 0 Å². The van der Waals surface area contributed by atoms with Crippen LogP contribution in [0.4, 0.5) is 0 Å². The average molecular weight is 1060 g/mol. The van der Waals surface area contributed by atoms with Crippen LogP contribution >= 0.6 is 0 Å². The number of rotatable bonds is 35. The van der Waals surface area contributed by atoms with Gasteiger partial charge in [-0.15, -0.1) is 0 Å². The first kappa shape index (κ1) is 63.4. The molecule has 28 heteroatoms. The van der Waals surface area contributed by atoms with Crippen molar-refractivity contribution in [1.82, 2.24) is 52.5 Å². The summed E-state index contributed by atoms with van der Waals surface area (Å²) in [5.74, 6) is -13.6. The van der Waals surface area contributed by atoms with Gasteiger partial charge in [0.25, 0.3) is 0 Å². The number of aromatic amines is 1. The third-order valence-corrected chi connectivity index (χ3v) is 12.0. The minimum absolute atomic E-state index is 0.128. The Balaban J connectivity index is 2.37. The zero-order valence-corrected chi connectivity index (χ0v) is 42.3. The summed E-state index contributed by atoms with van der Waals surface area (Å²) in [6.07, 6.45) is 1.88. The number of hydrogen-bond donors (Lipinski definition) is 16. The Morgan fingerprint density at radius 2 is 1.16 bits per heavy atom. The standard InChI is InChI=1S/C47H72N12O16/c1-5-24(3)38(59-46(73)39(25(4)6-2)58-40(67)29(49)9-7-8-16-48)45(72)56-32(18-27-20-50-23-52-27)44(71)54-30(14-15-36(63)64)42(69)55-33(19-37(65)66)41(68)51-21-35(62)53-31(17-26-10-12-28(61)13-11-26)43(70)57-34(22-60)47(74)75/h10-13,20,23-25,29-34,38-39,60-61H,5-9,14-19,21-22,48-49H2,1-4H3,(H,50,52)(H,51,68)(H,53,62)(H,54,71)(H,55,69)(H,56,72)(H,57,70)(H,58,67)(H,59,73)(H,63,64)(H,65,66)(H,74,75). The quantitative estimate of drug-likeness (QED) is 0.0296. The summed E-state index contributed by atoms with van der Waals surface area (Å²) in [5.41, 5.74) is 12.3. The molecule has 0 saturated carbocycles. The number of nitrogens with zero attached hydrogens (tertiary/aromatic N) is 1. The smallest absolute Gasteiger partial charge is 0.328 e. The van der Waals surface area contributed by atoms with Crippen LogP contribution in [0.1, 0.15) is 90.3 Å². The van der Waals surface area contributed by atoms with Crippen molar-refractivity contribution in [3.8, 4) is 5.75 Å². The van der Waals surface area contributed by atoms with Crippen molar-refractivity contribution in [1.29, 1.82) is 0 Å². The van der Waals surface area contributed by atoms with E-state index in [9.17, 15) is 78.3 Å². The first-order valence-corrected chi connectivity index (χ1v) is 24.3. The highest BCUT2D eigenvalue weighted by Crippen LogP contribution is 2.15. The molecule has 0 spiro atoms. The number of unbranched alkanes of at least 4 members (excludes halogenated alkanes) is 1. The first-order chi connectivity index (χ1) is 35.4. The molecule has 2 rings (SSSR count). The molecule has 0 aliphatic rings. The fraction of sp³-hybridized carbons (Fsp3) is 0.574. The molecule has 416 valence electrons. The third kappa shape index (κ3) is 22.5. The van der Waals surface area contributed by atoms with Gasteiger partial charge in [-0.1, -0.05) is 59.1 Å². The van der Waals surface area contributed by atoms with E-state index >= 15 is 0 Å². The van der Waals surface area contributed by atoms with Crippen molar-refractivity contribution >= 4 is 65.2 Å². The van der Waals surface area contributed by atoms with Crippen LogP contribution in [-0.4, -0.2) is 169 Å². The predicted octanol–water partition coefficient (Wildman–Crippen LogP) is -3.62. The maximum atomic E-state index is 14.2. The molecular weight excluding hydrogens is 989 g/mol. The van der Waals surface area contributed by atoms with E-state index in [2.05, 4.69) is 52.5 Å². The maximum absolute atomic E-state index is 14.2. The summed E-state index contributed by atoms with van der Waals surface area (Å²) >= 11 is 0. The number of aliphatic carboxylic acids is 3. The van der Waals surface area contributed by atoms with Gasteiger partial charge in [-0.05, 0) is 55.3 Å². The zero-order chi connectivity index (χ0) is 56.4. The lowest BCUT2D eigenvalue weighted by atomic mass is 9.94. The fourth-order valence-electron chi connectivity index (χ4n) is 7.17. The molecule has 10 atom stereocenters. The number of aromatic nitrogens is 2. The number of nitrogens with one attached hydrogen (secondary N) is 9. The number of carboxylic acid groups (broad SMARTS) is 3. The van der Waals surface area contributed by atoms with Gasteiger partial charge in [-0.2, -0.15) is 0 Å². The second-order valence-corrected chi connectivity index (χ2v) is 17.9. The normalized spacial score (nSPS) is 15.0. The van der Waals surface area contributed by atoms with Gasteiger partial charge in [-0.25, -0.2) is 9.78 Å². The van der Waals surface area contributed by atoms with E-state index in [-0.39, 0.29) is 18.6 Å². The lowest BCUT2D eigenvalue weighted by molar-refractivity contribution is -0.143. The lowest BCUT2D eigenvalue weighted by Gasteiger charge is -2.30. The Morgan fingerprint density at radius 3 is 1.68 bits per heavy atom. The van der Waals surface area contributed by atoms with E-state index in [0.717, 1.165) is 0 Å². The van der Waals surface area contributed by atoms with Crippen molar-refractivity contribution < 1.29 is 78.3 Å². The minimum atomic E-state index is -1.97. The fourth-order valence-corrected chi connectivity index (χ4v) is 7.17. The van der Waals surface area contributed by atoms with Crippen molar-refractivity contribution in [2.24, 2.45) is 23.3 Å². The number of aromatic hydroxyl groups is 1. The Kier molecular flexibility index (Phi) is 27.4. The average Bonchev–Trinajstić information content (AvgIpc) is 3.89. The molecule has 75 heavy (non-hydrogen) atoms. The molecule has 0 saturated heterocycles. The number of aliphatic hydroxyl groups excluding tert-OH is 1. The summed E-state index contributed by atoms with van der Waals surface area (Å²) in [5, 5.41) is 66.6. The van der Waals surface area contributed by atoms with Crippen molar-refractivity contribution in [2.75, 3.05) is 19.7 Å². The van der Waals surface area contributed by atoms with Crippen LogP contribution in [0.15, 0.2) is 36.8 Å². The van der Waals surface area contributed by atoms with E-state index in [1.807, 2.05) is 0 Å². The number of phenolic OH excluding ortho intramolecular Hbond substituents is 1. The van der Waals surface area contributed by atoms with Crippen LogP contribution in [0.2, 0.25) is 0 Å². The number of phenols is 1. The second kappa shape index (κ2) is 32.5. The molecule has 28 nitrogen and oxygen atoms in total. The van der Waals surface area contributed by atoms with Crippen LogP contribution < -0.4 is 54.0 Å². The molecule has 8 amide bonds. The number of aliphatic hydroxyl groups is 1. The molecule has 0 aliphatic heterocycles. The second-order valence-electron chi connectivity index (χ2n) is 17.9. The number of benzene rings is 1. The molecule has 0 radical (unpaired) electrons. The van der Waals surface area contributed by atoms with E-state index in [1.165, 1.54) is 36.8 Å². The molecule has 18 N–H and O–H groups in total. The van der Waals surface area contributed by atoms with Gasteiger partial charge in [-0.3, -0.25) is 47.9 Å². The van der Waals surface area contributed by atoms with E-state index in [0.29, 0.717) is 49.9 Å². The summed E-state index contributed by atoms with van der Waals surface area (Å²) in [4.78, 5) is 151. The summed E-state index contributed by atoms with van der Waals surface area (Å²) in [6.45, 7) is 5.39. The van der Waals surface area contributed by atoms with Gasteiger partial charge in [0.2, 0.25) is 47.3 Å². The number of imidazole rings is 1. The zero-order valence-electron chi connectivity index (χ0n) is 42.3. The van der Waals surface area contributed by atoms with Crippen LogP contribution in [-0.2, 0) is 65.6 Å². The van der Waals surface area contributed by atoms with Crippen LogP contribution in [0.3, 0.4) is 0 Å². The Labute approximate surface area is 432 Å². The van der Waals surface area contributed by atoms with E-state index < -0.39 is 158 Å². The monoisotopic (exact) mass is 1060 g/mol. The number of carbonyl (C=O) groups is 11. The molecule has 0 bridgehead atoms. The SMILES string of the molecule is CCC(C)C(NC(=O)C(N)CCCCN)C(=O)NC(C(=O)NC(Cc1cnc[nH]1)C(=O)NC(CCC(=O)O)C(=O)NC(CC(=O)O)C(=O)NCC(=O)NC(Cc1ccc(O)cc1)C(=O)NC(CO)C(=O)O)C(C)CC. The van der Waals surface area contributed by atoms with Gasteiger partial charge >= 0.3 is 17.9 Å². The highest BCUT2D eigenvalue weighted by atomic mass is 16.4. The molecule has 10 unspecified atom stereocenters. The topological polar surface area (TPSA) is 466 Å². The summed E-state index contributed by atoms with van der Waals surface area (Å²) < 4.78 is 0. The highest BCUT2D eigenvalue weighted by molar-refractivity contribution is 5.98. The summed E-state index contributed by atoms with van der Waals surface area (Å²) in [7, 11) is 0. The van der Waals surface area contributed by atoms with Crippen molar-refractivity contribution in [3.63, 3.8) is 0 Å². The van der Waals surface area contributed by atoms with E-state index in [4.69, 9.17) is 11.5 Å². The van der Waals surface area contributed by atoms with Crippen LogP contribution in [0, 0.1) is 11.8 Å². The number of hydrogen-bond acceptors (Lipinski definition) is 16. The summed E-state index contributed by atoms with van der Waals surface area (Å²) in [6, 6.07) is -6.63. The molecular formula is C47H72N12O16. The van der Waals surface area contributed by atoms with Crippen LogP contribution in [0.25, 0.3) is 0 Å². The van der Waals surface area contributed by atoms with Gasteiger partial charge in [0.1, 0.15) is 48.0 Å². The van der Waals surface area contributed by atoms with Gasteiger partial charge < -0.3 is 84.5 Å². The first-order valence-electron chi connectivity index (χ1n) is 24.3. The molecule has 2 aromatic rings. The number of nitrogens with two attached hydrogens (primary N) is 2. The Bertz CT molecular complexity index is 2250. The molecule has 1 aromatic heterocycles.